The summed E-state index contributed by atoms with van der Waals surface area (Å²) in [5, 5.41) is 24.3. The lowest BCUT2D eigenvalue weighted by Crippen LogP contribution is -2.22. The molecule has 4 aromatic rings. The minimum atomic E-state index is -0.0226. The summed E-state index contributed by atoms with van der Waals surface area (Å²) >= 11 is 4.05. The zero-order chi connectivity index (χ0) is 34.6. The standard InChI is InChI=1S/C44H56O2S2/c1-29-15-13-17-31(21-29)37-25-35(43(3,4)5)23-33(41(37)45)27-47-39-19-11-9-10-12-20-40(39)48-28-34-24-36(44(6,7)8)26-38(42(34)46)32-18-14-16-30(2)22-32/h13-18,21-26,39-40,45-46H,9-12,19-20,27-28H2,1-8H3. The Balaban J connectivity index is 1.42. The molecule has 2 unspecified atom stereocenters. The molecule has 0 saturated heterocycles. The molecule has 1 aliphatic rings. The van der Waals surface area contributed by atoms with E-state index >= 15 is 0 Å². The molecule has 1 aliphatic carbocycles. The number of aryl methyl sites for hydroxylation is 2. The van der Waals surface area contributed by atoms with Crippen molar-refractivity contribution in [3.05, 3.63) is 106 Å². The van der Waals surface area contributed by atoms with Crippen molar-refractivity contribution in [3.63, 3.8) is 0 Å². The molecular formula is C44H56O2S2. The van der Waals surface area contributed by atoms with Crippen molar-refractivity contribution in [2.24, 2.45) is 0 Å². The second kappa shape index (κ2) is 15.4. The quantitative estimate of drug-likeness (QED) is 0.194. The van der Waals surface area contributed by atoms with E-state index in [2.05, 4.69) is 128 Å². The highest BCUT2D eigenvalue weighted by atomic mass is 32.2. The van der Waals surface area contributed by atoms with E-state index in [1.165, 1.54) is 60.8 Å². The lowest BCUT2D eigenvalue weighted by atomic mass is 9.84. The molecule has 1 saturated carbocycles. The Morgan fingerprint density at radius 1 is 0.562 bits per heavy atom. The van der Waals surface area contributed by atoms with Crippen LogP contribution in [0, 0.1) is 13.8 Å². The molecule has 0 bridgehead atoms. The molecule has 2 N–H and O–H groups in total. The molecule has 0 aliphatic heterocycles. The molecule has 4 aromatic carbocycles. The Labute approximate surface area is 299 Å². The van der Waals surface area contributed by atoms with Gasteiger partial charge in [0.25, 0.3) is 0 Å². The predicted octanol–water partition coefficient (Wildman–Crippen LogP) is 12.9. The van der Waals surface area contributed by atoms with Gasteiger partial charge in [-0.1, -0.05) is 139 Å². The fraction of sp³-hybridized carbons (Fsp3) is 0.455. The summed E-state index contributed by atoms with van der Waals surface area (Å²) in [6, 6.07) is 25.8. The van der Waals surface area contributed by atoms with E-state index < -0.39 is 0 Å². The van der Waals surface area contributed by atoms with Crippen LogP contribution in [-0.4, -0.2) is 20.7 Å². The highest BCUT2D eigenvalue weighted by Gasteiger charge is 2.27. The first-order valence-electron chi connectivity index (χ1n) is 17.8. The van der Waals surface area contributed by atoms with Crippen molar-refractivity contribution >= 4 is 23.5 Å². The number of phenols is 2. The van der Waals surface area contributed by atoms with Gasteiger partial charge < -0.3 is 10.2 Å². The molecule has 0 amide bonds. The number of aromatic hydroxyl groups is 2. The normalized spacial score (nSPS) is 17.6. The molecule has 256 valence electrons. The van der Waals surface area contributed by atoms with Crippen LogP contribution in [0.4, 0.5) is 0 Å². The van der Waals surface area contributed by atoms with Crippen molar-refractivity contribution in [2.75, 3.05) is 0 Å². The monoisotopic (exact) mass is 680 g/mol. The molecule has 0 heterocycles. The number of hydrogen-bond donors (Lipinski definition) is 2. The summed E-state index contributed by atoms with van der Waals surface area (Å²) in [5.41, 5.74) is 11.0. The third kappa shape index (κ3) is 9.04. The van der Waals surface area contributed by atoms with Gasteiger partial charge in [0.05, 0.1) is 0 Å². The SMILES string of the molecule is Cc1cccc(-c2cc(C(C)(C)C)cc(CSC3CCCCCCC3SCc3cc(C(C)(C)C)cc(-c4cccc(C)c4)c3O)c2O)c1. The van der Waals surface area contributed by atoms with Crippen LogP contribution in [0.15, 0.2) is 72.8 Å². The highest BCUT2D eigenvalue weighted by Crippen LogP contribution is 2.44. The summed E-state index contributed by atoms with van der Waals surface area (Å²) in [6.07, 6.45) is 7.47. The van der Waals surface area contributed by atoms with E-state index in [1.807, 2.05) is 23.5 Å². The Morgan fingerprint density at radius 3 is 1.31 bits per heavy atom. The first-order valence-corrected chi connectivity index (χ1v) is 19.9. The summed E-state index contributed by atoms with van der Waals surface area (Å²) in [5.74, 6) is 2.42. The summed E-state index contributed by atoms with van der Waals surface area (Å²) in [7, 11) is 0. The van der Waals surface area contributed by atoms with Crippen LogP contribution in [0.1, 0.15) is 113 Å². The van der Waals surface area contributed by atoms with Gasteiger partial charge in [-0.05, 0) is 71.9 Å². The lowest BCUT2D eigenvalue weighted by molar-refractivity contribution is 0.470. The maximum atomic E-state index is 11.7. The lowest BCUT2D eigenvalue weighted by Gasteiger charge is -2.30. The summed E-state index contributed by atoms with van der Waals surface area (Å²) < 4.78 is 0. The third-order valence-electron chi connectivity index (χ3n) is 9.82. The van der Waals surface area contributed by atoms with E-state index in [1.54, 1.807) is 0 Å². The second-order valence-corrected chi connectivity index (χ2v) is 18.4. The maximum absolute atomic E-state index is 11.7. The Kier molecular flexibility index (Phi) is 11.7. The van der Waals surface area contributed by atoms with Crippen LogP contribution in [-0.2, 0) is 22.3 Å². The molecule has 0 radical (unpaired) electrons. The van der Waals surface area contributed by atoms with Gasteiger partial charge in [-0.15, -0.1) is 0 Å². The van der Waals surface area contributed by atoms with Gasteiger partial charge in [-0.25, -0.2) is 0 Å². The maximum Gasteiger partial charge on any atom is 0.127 e. The Morgan fingerprint density at radius 2 is 0.958 bits per heavy atom. The van der Waals surface area contributed by atoms with Crippen LogP contribution in [0.5, 0.6) is 11.5 Å². The number of benzene rings is 4. The Bertz CT molecular complexity index is 1580. The van der Waals surface area contributed by atoms with Crippen LogP contribution in [0.2, 0.25) is 0 Å². The van der Waals surface area contributed by atoms with E-state index in [0.29, 0.717) is 22.0 Å². The molecule has 0 aromatic heterocycles. The number of phenolic OH excluding ortho intramolecular Hbond substituents is 2. The smallest absolute Gasteiger partial charge is 0.127 e. The number of hydrogen-bond acceptors (Lipinski definition) is 4. The second-order valence-electron chi connectivity index (χ2n) is 16.0. The van der Waals surface area contributed by atoms with Crippen LogP contribution >= 0.6 is 23.5 Å². The van der Waals surface area contributed by atoms with Crippen molar-refractivity contribution in [3.8, 4) is 33.8 Å². The minimum absolute atomic E-state index is 0.0226. The highest BCUT2D eigenvalue weighted by molar-refractivity contribution is 8.03. The molecule has 2 atom stereocenters. The summed E-state index contributed by atoms with van der Waals surface area (Å²) in [6.45, 7) is 17.8. The van der Waals surface area contributed by atoms with E-state index in [0.717, 1.165) is 44.9 Å². The Hall–Kier alpha value is -2.82. The fourth-order valence-corrected chi connectivity index (χ4v) is 9.80. The van der Waals surface area contributed by atoms with Crippen molar-refractivity contribution in [1.82, 2.24) is 0 Å². The summed E-state index contributed by atoms with van der Waals surface area (Å²) in [4.78, 5) is 0. The molecular weight excluding hydrogens is 625 g/mol. The van der Waals surface area contributed by atoms with Gasteiger partial charge in [0.2, 0.25) is 0 Å². The van der Waals surface area contributed by atoms with Crippen molar-refractivity contribution in [2.45, 2.75) is 127 Å². The third-order valence-corrected chi connectivity index (χ3v) is 12.9. The van der Waals surface area contributed by atoms with E-state index in [-0.39, 0.29) is 10.8 Å². The topological polar surface area (TPSA) is 40.5 Å². The molecule has 4 heteroatoms. The average Bonchev–Trinajstić information content (AvgIpc) is 3.00. The van der Waals surface area contributed by atoms with Gasteiger partial charge in [0.15, 0.2) is 0 Å². The van der Waals surface area contributed by atoms with Crippen LogP contribution < -0.4 is 0 Å². The average molecular weight is 681 g/mol. The van der Waals surface area contributed by atoms with E-state index in [4.69, 9.17) is 0 Å². The molecule has 5 rings (SSSR count). The first kappa shape index (κ1) is 36.5. The molecule has 48 heavy (non-hydrogen) atoms. The van der Waals surface area contributed by atoms with Gasteiger partial charge in [-0.3, -0.25) is 0 Å². The van der Waals surface area contributed by atoms with Crippen LogP contribution in [0.3, 0.4) is 0 Å². The first-order chi connectivity index (χ1) is 22.7. The largest absolute Gasteiger partial charge is 0.507 e. The zero-order valence-electron chi connectivity index (χ0n) is 30.5. The van der Waals surface area contributed by atoms with Gasteiger partial charge in [0, 0.05) is 44.3 Å². The molecule has 0 spiro atoms. The van der Waals surface area contributed by atoms with Crippen molar-refractivity contribution in [1.29, 1.82) is 0 Å². The van der Waals surface area contributed by atoms with Gasteiger partial charge >= 0.3 is 0 Å². The predicted molar refractivity (Wildman–Crippen MR) is 212 cm³/mol. The number of thioether (sulfide) groups is 2. The fourth-order valence-electron chi connectivity index (χ4n) is 6.73. The van der Waals surface area contributed by atoms with Gasteiger partial charge in [0.1, 0.15) is 11.5 Å². The van der Waals surface area contributed by atoms with Gasteiger partial charge in [-0.2, -0.15) is 23.5 Å². The van der Waals surface area contributed by atoms with E-state index in [9.17, 15) is 10.2 Å². The zero-order valence-corrected chi connectivity index (χ0v) is 32.1. The minimum Gasteiger partial charge on any atom is -0.507 e. The molecule has 2 nitrogen and oxygen atoms in total. The molecule has 1 fully saturated rings. The van der Waals surface area contributed by atoms with Crippen molar-refractivity contribution < 1.29 is 10.2 Å². The number of rotatable bonds is 8. The van der Waals surface area contributed by atoms with Crippen LogP contribution in [0.25, 0.3) is 22.3 Å².